The zero-order valence-electron chi connectivity index (χ0n) is 9.16. The molecule has 1 aromatic carbocycles. The predicted octanol–water partition coefficient (Wildman–Crippen LogP) is 3.76. The summed E-state index contributed by atoms with van der Waals surface area (Å²) in [5, 5.41) is 1.90. The normalized spacial score (nSPS) is 11.4. The Hall–Kier alpha value is -1.54. The topological polar surface area (TPSA) is 17.3 Å². The van der Waals surface area contributed by atoms with E-state index in [0.29, 0.717) is 0 Å². The first-order valence-electron chi connectivity index (χ1n) is 5.21. The Morgan fingerprint density at radius 1 is 1.19 bits per heavy atom. The monoisotopic (exact) mass is 230 g/mol. The predicted molar refractivity (Wildman–Crippen MR) is 67.2 cm³/mol. The van der Waals surface area contributed by atoms with Gasteiger partial charge in [-0.3, -0.25) is 4.40 Å². The van der Waals surface area contributed by atoms with Gasteiger partial charge in [-0.1, -0.05) is 29.8 Å². The average Bonchev–Trinajstić information content (AvgIpc) is 2.60. The van der Waals surface area contributed by atoms with Crippen molar-refractivity contribution < 1.29 is 0 Å². The first-order chi connectivity index (χ1) is 7.70. The maximum Gasteiger partial charge on any atom is 0.110 e. The molecule has 0 unspecified atom stereocenters. The molecular formula is C13H11ClN2. The Morgan fingerprint density at radius 2 is 1.94 bits per heavy atom. The van der Waals surface area contributed by atoms with Gasteiger partial charge in [0.2, 0.25) is 0 Å². The van der Waals surface area contributed by atoms with Gasteiger partial charge in [0.25, 0.3) is 0 Å². The van der Waals surface area contributed by atoms with Gasteiger partial charge in [0.15, 0.2) is 0 Å². The van der Waals surface area contributed by atoms with Gasteiger partial charge in [-0.15, -0.1) is 0 Å². The van der Waals surface area contributed by atoms with E-state index in [1.54, 1.807) is 0 Å². The lowest BCUT2D eigenvalue weighted by Gasteiger charge is -2.03. The van der Waals surface area contributed by atoms with Crippen LogP contribution >= 0.6 is 11.6 Å². The second kappa shape index (κ2) is 3.22. The van der Waals surface area contributed by atoms with Crippen molar-refractivity contribution in [2.75, 3.05) is 0 Å². The molecule has 3 aromatic rings. The van der Waals surface area contributed by atoms with Crippen molar-refractivity contribution in [1.29, 1.82) is 0 Å². The van der Waals surface area contributed by atoms with Gasteiger partial charge < -0.3 is 0 Å². The fourth-order valence-electron chi connectivity index (χ4n) is 2.20. The minimum absolute atomic E-state index is 0.818. The van der Waals surface area contributed by atoms with Crippen molar-refractivity contribution in [2.45, 2.75) is 13.8 Å². The summed E-state index contributed by atoms with van der Waals surface area (Å²) in [7, 11) is 0. The Balaban J connectivity index is 2.72. The van der Waals surface area contributed by atoms with E-state index in [9.17, 15) is 0 Å². The number of para-hydroxylation sites is 1. The van der Waals surface area contributed by atoms with E-state index >= 15 is 0 Å². The Bertz CT molecular complexity index is 698. The summed E-state index contributed by atoms with van der Waals surface area (Å²) >= 11 is 6.42. The van der Waals surface area contributed by atoms with Gasteiger partial charge in [-0.25, -0.2) is 4.98 Å². The van der Waals surface area contributed by atoms with Gasteiger partial charge >= 0.3 is 0 Å². The van der Waals surface area contributed by atoms with Crippen molar-refractivity contribution in [3.05, 3.63) is 46.9 Å². The summed E-state index contributed by atoms with van der Waals surface area (Å²) in [6.45, 7) is 4.03. The number of benzene rings is 1. The van der Waals surface area contributed by atoms with Crippen LogP contribution in [-0.2, 0) is 0 Å². The number of rotatable bonds is 0. The molecule has 0 N–H and O–H groups in total. The van der Waals surface area contributed by atoms with Gasteiger partial charge in [-0.2, -0.15) is 0 Å². The highest BCUT2D eigenvalue weighted by atomic mass is 35.5. The van der Waals surface area contributed by atoms with Crippen molar-refractivity contribution in [3.63, 3.8) is 0 Å². The van der Waals surface area contributed by atoms with Crippen LogP contribution in [0.3, 0.4) is 0 Å². The third-order valence-electron chi connectivity index (χ3n) is 2.96. The summed E-state index contributed by atoms with van der Waals surface area (Å²) in [5.74, 6) is 0.962. The summed E-state index contributed by atoms with van der Waals surface area (Å²) in [5.41, 5.74) is 3.29. The number of aromatic nitrogens is 2. The van der Waals surface area contributed by atoms with E-state index in [1.807, 2.05) is 38.2 Å². The van der Waals surface area contributed by atoms with E-state index in [1.165, 1.54) is 0 Å². The third kappa shape index (κ3) is 1.11. The molecule has 0 aliphatic heterocycles. The van der Waals surface area contributed by atoms with Crippen LogP contribution in [-0.4, -0.2) is 9.38 Å². The van der Waals surface area contributed by atoms with Crippen molar-refractivity contribution in [3.8, 4) is 0 Å². The first kappa shape index (κ1) is 9.67. The molecule has 16 heavy (non-hydrogen) atoms. The Kier molecular flexibility index (Phi) is 1.95. The van der Waals surface area contributed by atoms with E-state index in [2.05, 4.69) is 15.5 Å². The van der Waals surface area contributed by atoms with Crippen LogP contribution in [0.1, 0.15) is 11.4 Å². The molecule has 2 aromatic heterocycles. The molecule has 2 heterocycles. The minimum Gasteiger partial charge on any atom is -0.296 e. The highest BCUT2D eigenvalue weighted by Crippen LogP contribution is 2.32. The molecule has 3 heteroatoms. The largest absolute Gasteiger partial charge is 0.296 e. The van der Waals surface area contributed by atoms with Gasteiger partial charge in [-0.05, 0) is 25.5 Å². The van der Waals surface area contributed by atoms with Crippen LogP contribution in [0.25, 0.3) is 16.4 Å². The molecule has 0 fully saturated rings. The molecule has 0 saturated carbocycles. The van der Waals surface area contributed by atoms with E-state index in [0.717, 1.165) is 32.8 Å². The standard InChI is InChI=1S/C13H11ClN2/c1-8-7-15-9(2)16-11-6-4-3-5-10(11)12(14)13(8)16/h3-7H,1-2H3. The quantitative estimate of drug-likeness (QED) is 0.575. The van der Waals surface area contributed by atoms with E-state index < -0.39 is 0 Å². The second-order valence-corrected chi connectivity index (χ2v) is 4.38. The van der Waals surface area contributed by atoms with Crippen LogP contribution in [0, 0.1) is 13.8 Å². The highest BCUT2D eigenvalue weighted by Gasteiger charge is 2.12. The maximum atomic E-state index is 6.42. The summed E-state index contributed by atoms with van der Waals surface area (Å²) in [6.07, 6.45) is 1.87. The van der Waals surface area contributed by atoms with Crippen LogP contribution in [0.5, 0.6) is 0 Å². The minimum atomic E-state index is 0.818. The maximum absolute atomic E-state index is 6.42. The third-order valence-corrected chi connectivity index (χ3v) is 3.34. The molecular weight excluding hydrogens is 220 g/mol. The molecule has 0 saturated heterocycles. The fraction of sp³-hybridized carbons (Fsp3) is 0.154. The number of hydrogen-bond donors (Lipinski definition) is 0. The van der Waals surface area contributed by atoms with Crippen LogP contribution < -0.4 is 0 Å². The van der Waals surface area contributed by atoms with E-state index in [-0.39, 0.29) is 0 Å². The van der Waals surface area contributed by atoms with Crippen LogP contribution in [0.15, 0.2) is 30.5 Å². The Morgan fingerprint density at radius 3 is 2.75 bits per heavy atom. The second-order valence-electron chi connectivity index (χ2n) is 4.00. The number of hydrogen-bond acceptors (Lipinski definition) is 1. The number of fused-ring (bicyclic) bond motifs is 3. The zero-order chi connectivity index (χ0) is 11.3. The Labute approximate surface area is 98.5 Å². The lowest BCUT2D eigenvalue weighted by Crippen LogP contribution is -1.96. The average molecular weight is 231 g/mol. The number of nitrogens with zero attached hydrogens (tertiary/aromatic N) is 2. The number of halogens is 1. The lowest BCUT2D eigenvalue weighted by molar-refractivity contribution is 1.00. The van der Waals surface area contributed by atoms with Crippen LogP contribution in [0.4, 0.5) is 0 Å². The van der Waals surface area contributed by atoms with Crippen molar-refractivity contribution >= 4 is 28.0 Å². The number of aryl methyl sites for hydroxylation is 2. The lowest BCUT2D eigenvalue weighted by atomic mass is 10.2. The SMILES string of the molecule is Cc1cnc(C)n2c1c(Cl)c1ccccc12. The molecule has 80 valence electrons. The molecule has 0 bridgehead atoms. The summed E-state index contributed by atoms with van der Waals surface area (Å²) < 4.78 is 2.12. The van der Waals surface area contributed by atoms with Crippen molar-refractivity contribution in [2.24, 2.45) is 0 Å². The molecule has 2 nitrogen and oxygen atoms in total. The summed E-state index contributed by atoms with van der Waals surface area (Å²) in [4.78, 5) is 4.37. The van der Waals surface area contributed by atoms with E-state index in [4.69, 9.17) is 11.6 Å². The first-order valence-corrected chi connectivity index (χ1v) is 5.59. The smallest absolute Gasteiger partial charge is 0.110 e. The fourth-order valence-corrected chi connectivity index (χ4v) is 2.59. The van der Waals surface area contributed by atoms with Crippen LogP contribution in [0.2, 0.25) is 5.02 Å². The molecule has 0 aliphatic rings. The van der Waals surface area contributed by atoms with Gasteiger partial charge in [0.1, 0.15) is 5.82 Å². The molecule has 0 radical (unpaired) electrons. The summed E-state index contributed by atoms with van der Waals surface area (Å²) in [6, 6.07) is 8.14. The zero-order valence-corrected chi connectivity index (χ0v) is 9.92. The molecule has 3 rings (SSSR count). The van der Waals surface area contributed by atoms with Crippen molar-refractivity contribution in [1.82, 2.24) is 9.38 Å². The molecule has 0 spiro atoms. The molecule has 0 amide bonds. The molecule has 0 aliphatic carbocycles. The molecule has 0 atom stereocenters. The highest BCUT2D eigenvalue weighted by molar-refractivity contribution is 6.39. The van der Waals surface area contributed by atoms with Gasteiger partial charge in [0.05, 0.1) is 16.1 Å². The van der Waals surface area contributed by atoms with Gasteiger partial charge in [0, 0.05) is 11.6 Å².